The Hall–Kier alpha value is -1.26. The standard InChI is InChI=1S/C13H24N2O3/c1-8(2)11(12(16)17)14-13(18)15-6-5-9(3)10(4)7-15/h8-11H,5-7H2,1-4H3,(H,14,18)(H,16,17)/t9?,10?,11-/m0/s1. The molecule has 0 bridgehead atoms. The van der Waals surface area contributed by atoms with Gasteiger partial charge in [-0.1, -0.05) is 27.7 Å². The van der Waals surface area contributed by atoms with Crippen molar-refractivity contribution in [3.8, 4) is 0 Å². The molecule has 1 aliphatic heterocycles. The summed E-state index contributed by atoms with van der Waals surface area (Å²) >= 11 is 0. The molecule has 3 atom stereocenters. The number of hydrogen-bond acceptors (Lipinski definition) is 2. The molecule has 5 nitrogen and oxygen atoms in total. The van der Waals surface area contributed by atoms with Gasteiger partial charge in [-0.15, -0.1) is 0 Å². The summed E-state index contributed by atoms with van der Waals surface area (Å²) in [7, 11) is 0. The Morgan fingerprint density at radius 1 is 1.28 bits per heavy atom. The van der Waals surface area contributed by atoms with Crippen molar-refractivity contribution in [3.63, 3.8) is 0 Å². The second kappa shape index (κ2) is 6.07. The van der Waals surface area contributed by atoms with Gasteiger partial charge in [0.2, 0.25) is 0 Å². The molecule has 1 aliphatic rings. The van der Waals surface area contributed by atoms with Gasteiger partial charge in [-0.2, -0.15) is 0 Å². The summed E-state index contributed by atoms with van der Waals surface area (Å²) < 4.78 is 0. The molecule has 0 saturated carbocycles. The SMILES string of the molecule is CC1CCN(C(=O)N[C@H](C(=O)O)C(C)C)CC1C. The Kier molecular flexibility index (Phi) is 4.99. The zero-order valence-corrected chi connectivity index (χ0v) is 11.6. The lowest BCUT2D eigenvalue weighted by atomic mass is 9.89. The van der Waals surface area contributed by atoms with Gasteiger partial charge in [-0.3, -0.25) is 0 Å². The van der Waals surface area contributed by atoms with Gasteiger partial charge in [0.15, 0.2) is 0 Å². The minimum atomic E-state index is -0.975. The third-order valence-electron chi connectivity index (χ3n) is 3.83. The van der Waals surface area contributed by atoms with Gasteiger partial charge in [0, 0.05) is 13.1 Å². The van der Waals surface area contributed by atoms with Crippen LogP contribution in [0, 0.1) is 17.8 Å². The maximum Gasteiger partial charge on any atom is 0.326 e. The molecule has 0 aliphatic carbocycles. The van der Waals surface area contributed by atoms with E-state index in [-0.39, 0.29) is 11.9 Å². The molecule has 18 heavy (non-hydrogen) atoms. The number of carbonyl (C=O) groups excluding carboxylic acids is 1. The Balaban J connectivity index is 2.57. The minimum absolute atomic E-state index is 0.118. The number of hydrogen-bond donors (Lipinski definition) is 2. The molecule has 0 aromatic carbocycles. The highest BCUT2D eigenvalue weighted by atomic mass is 16.4. The fourth-order valence-corrected chi connectivity index (χ4v) is 2.19. The Labute approximate surface area is 109 Å². The molecule has 2 unspecified atom stereocenters. The van der Waals surface area contributed by atoms with E-state index in [0.29, 0.717) is 24.9 Å². The Morgan fingerprint density at radius 3 is 2.33 bits per heavy atom. The van der Waals surface area contributed by atoms with E-state index in [0.717, 1.165) is 6.42 Å². The van der Waals surface area contributed by atoms with Gasteiger partial charge < -0.3 is 15.3 Å². The average Bonchev–Trinajstić information content (AvgIpc) is 2.28. The molecule has 5 heteroatoms. The van der Waals surface area contributed by atoms with Crippen LogP contribution in [0.15, 0.2) is 0 Å². The molecule has 1 heterocycles. The van der Waals surface area contributed by atoms with E-state index in [2.05, 4.69) is 19.2 Å². The van der Waals surface area contributed by atoms with Crippen molar-refractivity contribution in [1.82, 2.24) is 10.2 Å². The lowest BCUT2D eigenvalue weighted by molar-refractivity contribution is -0.140. The molecule has 0 aromatic heterocycles. The van der Waals surface area contributed by atoms with Crippen molar-refractivity contribution in [2.24, 2.45) is 17.8 Å². The summed E-state index contributed by atoms with van der Waals surface area (Å²) in [4.78, 5) is 24.8. The molecule has 0 aromatic rings. The van der Waals surface area contributed by atoms with E-state index in [4.69, 9.17) is 5.11 Å². The largest absolute Gasteiger partial charge is 0.480 e. The zero-order chi connectivity index (χ0) is 13.9. The third-order valence-corrected chi connectivity index (χ3v) is 3.83. The molecular weight excluding hydrogens is 232 g/mol. The van der Waals surface area contributed by atoms with E-state index < -0.39 is 12.0 Å². The molecule has 1 saturated heterocycles. The second-order valence-corrected chi connectivity index (χ2v) is 5.70. The Morgan fingerprint density at radius 2 is 1.89 bits per heavy atom. The molecule has 104 valence electrons. The number of nitrogens with one attached hydrogen (secondary N) is 1. The number of carboxylic acids is 1. The van der Waals surface area contributed by atoms with Crippen LogP contribution in [0.5, 0.6) is 0 Å². The van der Waals surface area contributed by atoms with Crippen LogP contribution in [0.25, 0.3) is 0 Å². The molecule has 0 spiro atoms. The number of carbonyl (C=O) groups is 2. The van der Waals surface area contributed by atoms with Crippen molar-refractivity contribution < 1.29 is 14.7 Å². The van der Waals surface area contributed by atoms with Crippen LogP contribution in [0.3, 0.4) is 0 Å². The monoisotopic (exact) mass is 256 g/mol. The first kappa shape index (κ1) is 14.8. The summed E-state index contributed by atoms with van der Waals surface area (Å²) in [5.74, 6) is -0.00869. The van der Waals surface area contributed by atoms with E-state index >= 15 is 0 Å². The van der Waals surface area contributed by atoms with Crippen LogP contribution in [-0.2, 0) is 4.79 Å². The van der Waals surface area contributed by atoms with Crippen LogP contribution < -0.4 is 5.32 Å². The number of aliphatic carboxylic acids is 1. The lowest BCUT2D eigenvalue weighted by Gasteiger charge is -2.36. The van der Waals surface area contributed by atoms with Crippen LogP contribution in [0.1, 0.15) is 34.1 Å². The van der Waals surface area contributed by atoms with E-state index in [1.165, 1.54) is 0 Å². The average molecular weight is 256 g/mol. The smallest absolute Gasteiger partial charge is 0.326 e. The quantitative estimate of drug-likeness (QED) is 0.808. The molecular formula is C13H24N2O3. The van der Waals surface area contributed by atoms with Gasteiger partial charge in [0.05, 0.1) is 0 Å². The van der Waals surface area contributed by atoms with E-state index in [1.807, 2.05) is 0 Å². The summed E-state index contributed by atoms with van der Waals surface area (Å²) in [5.41, 5.74) is 0. The molecule has 2 N–H and O–H groups in total. The first-order chi connectivity index (χ1) is 8.32. The number of carboxylic acid groups (broad SMARTS) is 1. The number of piperidine rings is 1. The van der Waals surface area contributed by atoms with Gasteiger partial charge in [0.1, 0.15) is 6.04 Å². The van der Waals surface area contributed by atoms with Crippen molar-refractivity contribution >= 4 is 12.0 Å². The van der Waals surface area contributed by atoms with Gasteiger partial charge in [-0.05, 0) is 24.2 Å². The van der Waals surface area contributed by atoms with Crippen LogP contribution in [-0.4, -0.2) is 41.1 Å². The predicted molar refractivity (Wildman–Crippen MR) is 69.3 cm³/mol. The summed E-state index contributed by atoms with van der Waals surface area (Å²) in [6, 6.07) is -1.07. The Bertz CT molecular complexity index is 317. The van der Waals surface area contributed by atoms with Gasteiger partial charge >= 0.3 is 12.0 Å². The summed E-state index contributed by atoms with van der Waals surface area (Å²) in [6.07, 6.45) is 0.980. The number of amides is 2. The molecule has 1 fully saturated rings. The summed E-state index contributed by atoms with van der Waals surface area (Å²) in [6.45, 7) is 9.31. The second-order valence-electron chi connectivity index (χ2n) is 5.70. The fraction of sp³-hybridized carbons (Fsp3) is 0.846. The van der Waals surface area contributed by atoms with Crippen molar-refractivity contribution in [1.29, 1.82) is 0 Å². The lowest BCUT2D eigenvalue weighted by Crippen LogP contribution is -2.53. The fourth-order valence-electron chi connectivity index (χ4n) is 2.19. The number of nitrogens with zero attached hydrogens (tertiary/aromatic N) is 1. The third kappa shape index (κ3) is 3.62. The summed E-state index contributed by atoms with van der Waals surface area (Å²) in [5, 5.41) is 11.7. The number of urea groups is 1. The number of likely N-dealkylation sites (tertiary alicyclic amines) is 1. The zero-order valence-electron chi connectivity index (χ0n) is 11.6. The highest BCUT2D eigenvalue weighted by Gasteiger charge is 2.29. The predicted octanol–water partition coefficient (Wildman–Crippen LogP) is 1.78. The first-order valence-electron chi connectivity index (χ1n) is 6.61. The maximum absolute atomic E-state index is 12.0. The van der Waals surface area contributed by atoms with Gasteiger partial charge in [-0.25, -0.2) is 9.59 Å². The maximum atomic E-state index is 12.0. The first-order valence-corrected chi connectivity index (χ1v) is 6.61. The van der Waals surface area contributed by atoms with Crippen molar-refractivity contribution in [2.45, 2.75) is 40.2 Å². The highest BCUT2D eigenvalue weighted by molar-refractivity contribution is 5.82. The van der Waals surface area contributed by atoms with Crippen LogP contribution in [0.4, 0.5) is 4.79 Å². The van der Waals surface area contributed by atoms with E-state index in [9.17, 15) is 9.59 Å². The van der Waals surface area contributed by atoms with Crippen molar-refractivity contribution in [3.05, 3.63) is 0 Å². The number of rotatable bonds is 3. The normalized spacial score (nSPS) is 25.9. The molecule has 2 amide bonds. The van der Waals surface area contributed by atoms with Crippen LogP contribution >= 0.6 is 0 Å². The highest BCUT2D eigenvalue weighted by Crippen LogP contribution is 2.22. The topological polar surface area (TPSA) is 69.6 Å². The molecule has 0 radical (unpaired) electrons. The van der Waals surface area contributed by atoms with E-state index in [1.54, 1.807) is 18.7 Å². The van der Waals surface area contributed by atoms with Crippen molar-refractivity contribution in [2.75, 3.05) is 13.1 Å². The minimum Gasteiger partial charge on any atom is -0.480 e. The van der Waals surface area contributed by atoms with Gasteiger partial charge in [0.25, 0.3) is 0 Å². The molecule has 1 rings (SSSR count). The van der Waals surface area contributed by atoms with Crippen LogP contribution in [0.2, 0.25) is 0 Å².